The minimum Gasteiger partial charge on any atom is -0.424 e. The molecule has 82 valence electrons. The Morgan fingerprint density at radius 2 is 2.13 bits per heavy atom. The molecule has 1 aliphatic rings. The highest BCUT2D eigenvalue weighted by molar-refractivity contribution is 7.55. The maximum absolute atomic E-state index is 12.2. The molecule has 3 nitrogen and oxygen atoms in total. The minimum atomic E-state index is -2.94. The average Bonchev–Trinajstić information content (AvgIpc) is 2.19. The van der Waals surface area contributed by atoms with Crippen molar-refractivity contribution in [1.29, 1.82) is 0 Å². The van der Waals surface area contributed by atoms with Crippen molar-refractivity contribution in [2.24, 2.45) is 0 Å². The monoisotopic (exact) mass is 226 g/mol. The molecule has 2 rings (SSSR count). The molecule has 0 spiro atoms. The first-order valence-electron chi connectivity index (χ1n) is 5.05. The zero-order valence-corrected chi connectivity index (χ0v) is 10.1. The smallest absolute Gasteiger partial charge is 0.382 e. The zero-order chi connectivity index (χ0) is 11.1. The third-order valence-corrected chi connectivity index (χ3v) is 4.74. The molecule has 1 aromatic carbocycles. The molecule has 0 aromatic heterocycles. The second-order valence-electron chi connectivity index (χ2n) is 4.06. The fourth-order valence-corrected chi connectivity index (χ4v) is 2.92. The number of para-hydroxylation sites is 1. The van der Waals surface area contributed by atoms with E-state index in [2.05, 4.69) is 0 Å². The van der Waals surface area contributed by atoms with E-state index in [1.54, 1.807) is 0 Å². The van der Waals surface area contributed by atoms with E-state index in [0.717, 1.165) is 16.9 Å². The van der Waals surface area contributed by atoms with Crippen molar-refractivity contribution < 1.29 is 13.6 Å². The van der Waals surface area contributed by atoms with E-state index in [0.29, 0.717) is 6.61 Å². The lowest BCUT2D eigenvalue weighted by Crippen LogP contribution is -2.14. The Morgan fingerprint density at radius 1 is 1.40 bits per heavy atom. The highest BCUT2D eigenvalue weighted by atomic mass is 31.2. The van der Waals surface area contributed by atoms with E-state index in [9.17, 15) is 4.57 Å². The fraction of sp³-hybridized carbons (Fsp3) is 0.455. The van der Waals surface area contributed by atoms with Gasteiger partial charge < -0.3 is 4.52 Å². The van der Waals surface area contributed by atoms with Gasteiger partial charge in [0.25, 0.3) is 0 Å². The van der Waals surface area contributed by atoms with Crippen LogP contribution in [0.4, 0.5) is 0 Å². The van der Waals surface area contributed by atoms with Gasteiger partial charge in [-0.05, 0) is 12.5 Å². The molecule has 15 heavy (non-hydrogen) atoms. The van der Waals surface area contributed by atoms with Crippen LogP contribution < -0.4 is 4.52 Å². The Bertz CT molecular complexity index is 426. The van der Waals surface area contributed by atoms with Gasteiger partial charge in [0.2, 0.25) is 0 Å². The quantitative estimate of drug-likeness (QED) is 0.687. The maximum Gasteiger partial charge on any atom is 0.382 e. The Labute approximate surface area is 89.9 Å². The van der Waals surface area contributed by atoms with E-state index in [1.807, 2.05) is 39.0 Å². The van der Waals surface area contributed by atoms with Gasteiger partial charge in [0.15, 0.2) is 0 Å². The van der Waals surface area contributed by atoms with Crippen LogP contribution in [0.25, 0.3) is 0 Å². The third kappa shape index (κ3) is 1.82. The van der Waals surface area contributed by atoms with Crippen molar-refractivity contribution in [2.45, 2.75) is 33.0 Å². The molecule has 1 aromatic rings. The first-order valence-corrected chi connectivity index (χ1v) is 6.66. The molecule has 0 saturated heterocycles. The summed E-state index contributed by atoms with van der Waals surface area (Å²) in [7, 11) is -2.94. The normalized spacial score (nSPS) is 24.8. The molecule has 0 saturated carbocycles. The second-order valence-corrected chi connectivity index (χ2v) is 6.61. The molecular formula is C11H15O3P. The van der Waals surface area contributed by atoms with Crippen molar-refractivity contribution in [3.63, 3.8) is 0 Å². The topological polar surface area (TPSA) is 35.5 Å². The van der Waals surface area contributed by atoms with Gasteiger partial charge in [-0.1, -0.05) is 32.0 Å². The molecule has 1 aliphatic heterocycles. The van der Waals surface area contributed by atoms with E-state index in [4.69, 9.17) is 9.05 Å². The number of hydrogen-bond donors (Lipinski definition) is 0. The lowest BCUT2D eigenvalue weighted by Gasteiger charge is -2.29. The summed E-state index contributed by atoms with van der Waals surface area (Å²) in [5.41, 5.74) is 1.88. The van der Waals surface area contributed by atoms with Gasteiger partial charge in [-0.25, -0.2) is 4.57 Å². The minimum absolute atomic E-state index is 0.106. The van der Waals surface area contributed by atoms with Crippen LogP contribution in [-0.4, -0.2) is 5.66 Å². The summed E-state index contributed by atoms with van der Waals surface area (Å²) in [5.74, 6) is 0.737. The standard InChI is InChI=1S/C11H15O3P/c1-8(2)15(12)13-7-10-6-4-5-9(3)11(10)14-15/h4-6,8H,7H2,1-3H3. The van der Waals surface area contributed by atoms with Gasteiger partial charge in [0, 0.05) is 5.56 Å². The molecule has 1 heterocycles. The Morgan fingerprint density at radius 3 is 2.80 bits per heavy atom. The predicted molar refractivity (Wildman–Crippen MR) is 59.3 cm³/mol. The number of fused-ring (bicyclic) bond motifs is 1. The zero-order valence-electron chi connectivity index (χ0n) is 9.19. The van der Waals surface area contributed by atoms with Crippen LogP contribution in [0.5, 0.6) is 5.75 Å². The Hall–Kier alpha value is -0.790. The SMILES string of the molecule is Cc1cccc2c1OP(=O)(C(C)C)OC2. The van der Waals surface area contributed by atoms with Crippen molar-refractivity contribution in [2.75, 3.05) is 0 Å². The highest BCUT2D eigenvalue weighted by Crippen LogP contribution is 2.57. The van der Waals surface area contributed by atoms with Crippen LogP contribution in [0.2, 0.25) is 0 Å². The number of aryl methyl sites for hydroxylation is 1. The summed E-state index contributed by atoms with van der Waals surface area (Å²) in [6.45, 7) is 6.04. The molecule has 0 amide bonds. The molecular weight excluding hydrogens is 211 g/mol. The second kappa shape index (κ2) is 3.66. The summed E-state index contributed by atoms with van der Waals surface area (Å²) in [6.07, 6.45) is 0. The average molecular weight is 226 g/mol. The fourth-order valence-electron chi connectivity index (χ4n) is 1.53. The molecule has 1 unspecified atom stereocenters. The van der Waals surface area contributed by atoms with Gasteiger partial charge in [0.1, 0.15) is 5.75 Å². The van der Waals surface area contributed by atoms with Gasteiger partial charge in [-0.15, -0.1) is 0 Å². The number of rotatable bonds is 1. The van der Waals surface area contributed by atoms with E-state index in [1.165, 1.54) is 0 Å². The molecule has 0 fully saturated rings. The van der Waals surface area contributed by atoms with E-state index < -0.39 is 7.60 Å². The maximum atomic E-state index is 12.2. The van der Waals surface area contributed by atoms with Gasteiger partial charge >= 0.3 is 7.60 Å². The summed E-state index contributed by atoms with van der Waals surface area (Å²) < 4.78 is 23.1. The molecule has 4 heteroatoms. The molecule has 0 radical (unpaired) electrons. The van der Waals surface area contributed by atoms with Gasteiger partial charge in [0.05, 0.1) is 12.3 Å². The summed E-state index contributed by atoms with van der Waals surface area (Å²) >= 11 is 0. The lowest BCUT2D eigenvalue weighted by atomic mass is 10.1. The highest BCUT2D eigenvalue weighted by Gasteiger charge is 2.35. The van der Waals surface area contributed by atoms with Crippen molar-refractivity contribution in [3.05, 3.63) is 29.3 Å². The summed E-state index contributed by atoms with van der Waals surface area (Å²) in [6, 6.07) is 5.84. The third-order valence-electron chi connectivity index (χ3n) is 2.54. The largest absolute Gasteiger partial charge is 0.424 e. The first kappa shape index (κ1) is 10.7. The predicted octanol–water partition coefficient (Wildman–Crippen LogP) is 3.51. The van der Waals surface area contributed by atoms with Crippen LogP contribution in [-0.2, 0) is 15.7 Å². The van der Waals surface area contributed by atoms with Crippen LogP contribution in [0.3, 0.4) is 0 Å². The number of benzene rings is 1. The molecule has 0 N–H and O–H groups in total. The van der Waals surface area contributed by atoms with Gasteiger partial charge in [-0.2, -0.15) is 0 Å². The molecule has 0 bridgehead atoms. The van der Waals surface area contributed by atoms with Crippen LogP contribution >= 0.6 is 7.60 Å². The lowest BCUT2D eigenvalue weighted by molar-refractivity contribution is 0.226. The Kier molecular flexibility index (Phi) is 2.61. The molecule has 0 aliphatic carbocycles. The van der Waals surface area contributed by atoms with Crippen LogP contribution in [0.15, 0.2) is 18.2 Å². The first-order chi connectivity index (χ1) is 7.03. The van der Waals surface area contributed by atoms with E-state index >= 15 is 0 Å². The van der Waals surface area contributed by atoms with Crippen molar-refractivity contribution in [1.82, 2.24) is 0 Å². The van der Waals surface area contributed by atoms with Crippen molar-refractivity contribution >= 4 is 7.60 Å². The molecule has 1 atom stereocenters. The number of hydrogen-bond acceptors (Lipinski definition) is 3. The summed E-state index contributed by atoms with van der Waals surface area (Å²) in [5, 5.41) is 0. The van der Waals surface area contributed by atoms with E-state index in [-0.39, 0.29) is 5.66 Å². The van der Waals surface area contributed by atoms with Crippen LogP contribution in [0, 0.1) is 6.92 Å². The van der Waals surface area contributed by atoms with Crippen molar-refractivity contribution in [3.8, 4) is 5.75 Å². The van der Waals surface area contributed by atoms with Gasteiger partial charge in [-0.3, -0.25) is 4.52 Å². The van der Waals surface area contributed by atoms with Crippen LogP contribution in [0.1, 0.15) is 25.0 Å². The Balaban J connectivity index is 2.42. The summed E-state index contributed by atoms with van der Waals surface area (Å²) in [4.78, 5) is 0.